The molecule has 1 atom stereocenters. The number of carbonyl (C=O) groups is 3. The molecule has 14 nitrogen and oxygen atoms in total. The lowest BCUT2D eigenvalue weighted by Crippen LogP contribution is -2.74. The van der Waals surface area contributed by atoms with E-state index < -0.39 is 11.9 Å². The molecule has 6 heterocycles. The van der Waals surface area contributed by atoms with E-state index >= 15 is 4.39 Å². The largest absolute Gasteiger partial charge is 0.446 e. The molecular weight excluding hydrogens is 761 g/mol. The third-order valence-electron chi connectivity index (χ3n) is 12.5. The topological polar surface area (TPSA) is 154 Å². The summed E-state index contributed by atoms with van der Waals surface area (Å²) >= 11 is 0. The van der Waals surface area contributed by atoms with Crippen LogP contribution in [-0.2, 0) is 14.3 Å². The van der Waals surface area contributed by atoms with Gasteiger partial charge in [0, 0.05) is 96.7 Å². The first-order valence-electron chi connectivity index (χ1n) is 20.5. The van der Waals surface area contributed by atoms with Crippen molar-refractivity contribution in [1.82, 2.24) is 29.7 Å². The molecule has 1 spiro atoms. The van der Waals surface area contributed by atoms with Crippen molar-refractivity contribution in [2.75, 3.05) is 54.8 Å². The highest BCUT2D eigenvalue weighted by Gasteiger charge is 2.55. The molecule has 3 amide bonds. The van der Waals surface area contributed by atoms with Crippen LogP contribution in [0.15, 0.2) is 77.9 Å². The zero-order valence-corrected chi connectivity index (χ0v) is 32.6. The smallest absolute Gasteiger partial charge is 0.410 e. The summed E-state index contributed by atoms with van der Waals surface area (Å²) in [5, 5.41) is 8.70. The SMILES string of the molecule is O=C1CCC(Nc2ccc(N3CCC(N4CC5(CN(C(=O)OC6CCC(Nc7ncc(F)c(-c8cccc(-n9ccccc9=O)c8)n7)CC6)C5)C4)CC3)c(F)c2)C(=O)N1.[HH].[HH].[HH]. The van der Waals surface area contributed by atoms with Gasteiger partial charge in [-0.15, -0.1) is 0 Å². The first kappa shape index (κ1) is 38.6. The molecule has 5 fully saturated rings. The molecule has 1 saturated carbocycles. The fourth-order valence-electron chi connectivity index (χ4n) is 9.33. The van der Waals surface area contributed by atoms with E-state index in [9.17, 15) is 23.6 Å². The second kappa shape index (κ2) is 16.0. The molecule has 314 valence electrons. The number of imide groups is 1. The van der Waals surface area contributed by atoms with Crippen LogP contribution in [0.1, 0.15) is 55.6 Å². The van der Waals surface area contributed by atoms with Crippen molar-refractivity contribution in [2.24, 2.45) is 5.41 Å². The molecule has 2 aromatic heterocycles. The lowest BCUT2D eigenvalue weighted by molar-refractivity contribution is -0.133. The van der Waals surface area contributed by atoms with Gasteiger partial charge in [-0.25, -0.2) is 23.5 Å². The van der Waals surface area contributed by atoms with Crippen molar-refractivity contribution in [3.05, 3.63) is 95.0 Å². The minimum absolute atomic E-state index is 0. The number of pyridine rings is 1. The molecule has 4 saturated heterocycles. The number of halogens is 2. The second-order valence-corrected chi connectivity index (χ2v) is 16.6. The van der Waals surface area contributed by atoms with Crippen LogP contribution in [0, 0.1) is 17.0 Å². The van der Waals surface area contributed by atoms with E-state index in [-0.39, 0.29) is 63.2 Å². The van der Waals surface area contributed by atoms with Gasteiger partial charge in [-0.1, -0.05) is 18.2 Å². The molecular formula is C43H53F2N9O5. The highest BCUT2D eigenvalue weighted by molar-refractivity contribution is 6.01. The number of carbonyl (C=O) groups excluding carboxylic acids is 3. The van der Waals surface area contributed by atoms with Crippen LogP contribution in [0.3, 0.4) is 0 Å². The van der Waals surface area contributed by atoms with E-state index in [4.69, 9.17) is 4.74 Å². The molecule has 3 N–H and O–H groups in total. The van der Waals surface area contributed by atoms with Crippen molar-refractivity contribution in [3.8, 4) is 16.9 Å². The number of nitrogens with one attached hydrogen (secondary N) is 3. The number of likely N-dealkylation sites (tertiary alicyclic amines) is 2. The molecule has 2 aromatic carbocycles. The van der Waals surface area contributed by atoms with Gasteiger partial charge in [-0.05, 0) is 81.3 Å². The Morgan fingerprint density at radius 2 is 1.66 bits per heavy atom. The summed E-state index contributed by atoms with van der Waals surface area (Å²) < 4.78 is 37.6. The van der Waals surface area contributed by atoms with Gasteiger partial charge < -0.3 is 25.2 Å². The van der Waals surface area contributed by atoms with E-state index in [1.807, 2.05) is 4.90 Å². The normalized spacial score (nSPS) is 23.3. The highest BCUT2D eigenvalue weighted by Crippen LogP contribution is 2.43. The molecule has 4 aliphatic heterocycles. The Morgan fingerprint density at radius 3 is 2.41 bits per heavy atom. The van der Waals surface area contributed by atoms with Crippen molar-refractivity contribution in [1.29, 1.82) is 0 Å². The number of hydrogen-bond acceptors (Lipinski definition) is 11. The fraction of sp³-hybridized carbons (Fsp3) is 0.442. The summed E-state index contributed by atoms with van der Waals surface area (Å²) in [5.74, 6) is -1.26. The van der Waals surface area contributed by atoms with E-state index in [2.05, 4.69) is 35.7 Å². The Balaban J connectivity index is 0.00000214. The lowest BCUT2D eigenvalue weighted by Gasteiger charge is -2.62. The van der Waals surface area contributed by atoms with Gasteiger partial charge in [-0.2, -0.15) is 0 Å². The first-order valence-corrected chi connectivity index (χ1v) is 20.5. The van der Waals surface area contributed by atoms with Gasteiger partial charge >= 0.3 is 6.09 Å². The number of anilines is 3. The number of rotatable bonds is 9. The molecule has 0 radical (unpaired) electrons. The number of aromatic nitrogens is 3. The zero-order chi connectivity index (χ0) is 40.7. The molecule has 4 aromatic rings. The summed E-state index contributed by atoms with van der Waals surface area (Å²) in [4.78, 5) is 64.0. The minimum Gasteiger partial charge on any atom is -0.446 e. The second-order valence-electron chi connectivity index (χ2n) is 16.6. The maximum absolute atomic E-state index is 15.2. The van der Waals surface area contributed by atoms with Crippen LogP contribution in [0.4, 0.5) is 30.9 Å². The van der Waals surface area contributed by atoms with Crippen LogP contribution < -0.4 is 26.4 Å². The van der Waals surface area contributed by atoms with Gasteiger partial charge in [0.25, 0.3) is 5.56 Å². The van der Waals surface area contributed by atoms with E-state index in [0.29, 0.717) is 67.0 Å². The van der Waals surface area contributed by atoms with Crippen molar-refractivity contribution in [3.63, 3.8) is 0 Å². The van der Waals surface area contributed by atoms with Crippen molar-refractivity contribution >= 4 is 35.2 Å². The first-order chi connectivity index (χ1) is 28.6. The standard InChI is InChI=1S/C43H47F2N9O5.3H2/c44-33-21-29(47-35-12-14-37(55)49-40(35)57)9-13-36(33)51-18-15-30(16-19-51)52-23-43(24-52)25-53(26-43)42(58)59-32-10-7-28(8-11-32)48-41-46-22-34(45)39(50-41)27-4-3-5-31(20-27)54-17-2-1-6-38(54)56;;;/h1-6,9,13,17,20-22,28,30,32,35,47H,7-8,10-12,14-16,18-19,23-26H2,(H,46,48,50)(H,49,55,57);3*1H. The lowest BCUT2D eigenvalue weighted by atomic mass is 9.72. The number of amides is 3. The number of piperidine rings is 2. The van der Waals surface area contributed by atoms with Gasteiger partial charge in [0.1, 0.15) is 23.7 Å². The summed E-state index contributed by atoms with van der Waals surface area (Å²) in [6.45, 7) is 4.76. The number of ether oxygens (including phenoxy) is 1. The number of benzene rings is 2. The molecule has 5 aliphatic rings. The number of hydrogen-bond donors (Lipinski definition) is 3. The Hall–Kier alpha value is -5.90. The summed E-state index contributed by atoms with van der Waals surface area (Å²) in [7, 11) is 0. The Morgan fingerprint density at radius 1 is 0.864 bits per heavy atom. The number of nitrogens with zero attached hydrogens (tertiary/aromatic N) is 6. The molecule has 9 rings (SSSR count). The van der Waals surface area contributed by atoms with Gasteiger partial charge in [0.2, 0.25) is 17.8 Å². The predicted octanol–water partition coefficient (Wildman–Crippen LogP) is 5.67. The quantitative estimate of drug-likeness (QED) is 0.179. The molecule has 0 bridgehead atoms. The van der Waals surface area contributed by atoms with Crippen LogP contribution in [0.25, 0.3) is 16.9 Å². The Kier molecular flexibility index (Phi) is 10.5. The van der Waals surface area contributed by atoms with Crippen molar-refractivity contribution in [2.45, 2.75) is 75.6 Å². The van der Waals surface area contributed by atoms with Gasteiger partial charge in [0.15, 0.2) is 5.82 Å². The van der Waals surface area contributed by atoms with Gasteiger partial charge in [-0.3, -0.25) is 29.2 Å². The average molecular weight is 814 g/mol. The van der Waals surface area contributed by atoms with Crippen LogP contribution in [0.2, 0.25) is 0 Å². The average Bonchev–Trinajstić information content (AvgIpc) is 3.20. The predicted molar refractivity (Wildman–Crippen MR) is 223 cm³/mol. The highest BCUT2D eigenvalue weighted by atomic mass is 19.1. The third kappa shape index (κ3) is 8.22. The van der Waals surface area contributed by atoms with Crippen LogP contribution in [0.5, 0.6) is 0 Å². The molecule has 16 heteroatoms. The van der Waals surface area contributed by atoms with E-state index in [0.717, 1.165) is 58.1 Å². The van der Waals surface area contributed by atoms with Crippen LogP contribution in [-0.4, -0.2) is 106 Å². The molecule has 59 heavy (non-hydrogen) atoms. The maximum atomic E-state index is 15.2. The fourth-order valence-corrected chi connectivity index (χ4v) is 9.33. The summed E-state index contributed by atoms with van der Waals surface area (Å²) in [5.41, 5.74) is 2.26. The summed E-state index contributed by atoms with van der Waals surface area (Å²) in [6, 6.07) is 16.8. The zero-order valence-electron chi connectivity index (χ0n) is 32.6. The van der Waals surface area contributed by atoms with E-state index in [1.54, 1.807) is 54.7 Å². The maximum Gasteiger partial charge on any atom is 0.410 e. The Labute approximate surface area is 344 Å². The minimum atomic E-state index is -0.563. The van der Waals surface area contributed by atoms with Crippen molar-refractivity contribution < 1.29 is 32.2 Å². The summed E-state index contributed by atoms with van der Waals surface area (Å²) in [6.07, 6.45) is 7.77. The monoisotopic (exact) mass is 813 g/mol. The Bertz CT molecular complexity index is 2310. The molecule has 1 unspecified atom stereocenters. The molecule has 1 aliphatic carbocycles. The van der Waals surface area contributed by atoms with E-state index in [1.165, 1.54) is 16.7 Å². The third-order valence-corrected chi connectivity index (χ3v) is 12.5. The van der Waals surface area contributed by atoms with Gasteiger partial charge in [0.05, 0.1) is 11.9 Å². The van der Waals surface area contributed by atoms with Crippen LogP contribution >= 0.6 is 0 Å².